The summed E-state index contributed by atoms with van der Waals surface area (Å²) in [6.45, 7) is 9.64. The minimum absolute atomic E-state index is 0. The fraction of sp³-hybridized carbons (Fsp3) is 0.722. The monoisotopic (exact) mass is 474 g/mol. The zero-order valence-electron chi connectivity index (χ0n) is 15.9. The average Bonchev–Trinajstić information content (AvgIpc) is 3.04. The van der Waals surface area contributed by atoms with Crippen LogP contribution in [0.25, 0.3) is 0 Å². The molecular weight excluding hydrogens is 443 g/mol. The summed E-state index contributed by atoms with van der Waals surface area (Å²) in [7, 11) is 0. The number of amides is 1. The van der Waals surface area contributed by atoms with Crippen molar-refractivity contribution in [2.45, 2.75) is 46.1 Å². The second-order valence-corrected chi connectivity index (χ2v) is 6.78. The maximum absolute atomic E-state index is 11.5. The Morgan fingerprint density at radius 3 is 2.58 bits per heavy atom. The quantitative estimate of drug-likeness (QED) is 0.408. The van der Waals surface area contributed by atoms with Gasteiger partial charge in [0.2, 0.25) is 5.91 Å². The Kier molecular flexibility index (Phi) is 8.17. The molecule has 7 nitrogen and oxygen atoms in total. The van der Waals surface area contributed by atoms with Crippen molar-refractivity contribution in [1.82, 2.24) is 24.7 Å². The maximum atomic E-state index is 11.5. The lowest BCUT2D eigenvalue weighted by atomic mass is 10.2. The summed E-state index contributed by atoms with van der Waals surface area (Å²) in [5.74, 6) is 2.34. The topological polar surface area (TPSA) is 65.8 Å². The standard InChI is InChI=1S/C18H30N6O.HI/c1-3-19-18(23-12-10-22(11-13-23)15(2)25)20-8-7-16-14-24-9-5-4-6-17(24)21-16;/h14H,3-13H2,1-2H3,(H,19,20);1H. The molecule has 146 valence electrons. The van der Waals surface area contributed by atoms with Crippen molar-refractivity contribution >= 4 is 35.8 Å². The van der Waals surface area contributed by atoms with Crippen LogP contribution in [0.4, 0.5) is 0 Å². The highest BCUT2D eigenvalue weighted by molar-refractivity contribution is 14.0. The van der Waals surface area contributed by atoms with Crippen molar-refractivity contribution in [3.63, 3.8) is 0 Å². The molecule has 0 unspecified atom stereocenters. The van der Waals surface area contributed by atoms with E-state index in [2.05, 4.69) is 27.9 Å². The van der Waals surface area contributed by atoms with Crippen LogP contribution < -0.4 is 5.32 Å². The second kappa shape index (κ2) is 10.1. The molecule has 8 heteroatoms. The highest BCUT2D eigenvalue weighted by Gasteiger charge is 2.20. The number of halogens is 1. The number of aryl methyl sites for hydroxylation is 2. The molecule has 0 aromatic carbocycles. The zero-order valence-corrected chi connectivity index (χ0v) is 18.2. The minimum atomic E-state index is 0. The second-order valence-electron chi connectivity index (χ2n) is 6.78. The van der Waals surface area contributed by atoms with Crippen LogP contribution >= 0.6 is 24.0 Å². The number of nitrogens with one attached hydrogen (secondary N) is 1. The Hall–Kier alpha value is -1.32. The van der Waals surface area contributed by atoms with E-state index in [9.17, 15) is 4.79 Å². The van der Waals surface area contributed by atoms with Gasteiger partial charge in [-0.05, 0) is 19.8 Å². The summed E-state index contributed by atoms with van der Waals surface area (Å²) in [6.07, 6.45) is 6.69. The van der Waals surface area contributed by atoms with Gasteiger partial charge in [-0.25, -0.2) is 4.98 Å². The summed E-state index contributed by atoms with van der Waals surface area (Å²) >= 11 is 0. The SMILES string of the molecule is CCNC(=NCCc1cn2c(n1)CCCC2)N1CCN(C(C)=O)CC1.I. The Morgan fingerprint density at radius 1 is 1.19 bits per heavy atom. The first-order valence-electron chi connectivity index (χ1n) is 9.51. The number of rotatable bonds is 4. The van der Waals surface area contributed by atoms with Gasteiger partial charge in [-0.1, -0.05) is 0 Å². The number of carbonyl (C=O) groups is 1. The van der Waals surface area contributed by atoms with E-state index in [1.165, 1.54) is 18.7 Å². The van der Waals surface area contributed by atoms with Crippen molar-refractivity contribution in [3.8, 4) is 0 Å². The zero-order chi connectivity index (χ0) is 17.6. The third-order valence-corrected chi connectivity index (χ3v) is 4.95. The summed E-state index contributed by atoms with van der Waals surface area (Å²) in [4.78, 5) is 25.2. The number of aliphatic imine (C=N–C) groups is 1. The normalized spacial score (nSPS) is 17.5. The lowest BCUT2D eigenvalue weighted by molar-refractivity contribution is -0.130. The average molecular weight is 474 g/mol. The van der Waals surface area contributed by atoms with E-state index in [1.54, 1.807) is 6.92 Å². The van der Waals surface area contributed by atoms with Crippen LogP contribution in [0.15, 0.2) is 11.2 Å². The van der Waals surface area contributed by atoms with Crippen molar-refractivity contribution in [3.05, 3.63) is 17.7 Å². The Labute approximate surface area is 173 Å². The lowest BCUT2D eigenvalue weighted by Crippen LogP contribution is -2.53. The number of carbonyl (C=O) groups excluding carboxylic acids is 1. The van der Waals surface area contributed by atoms with Crippen LogP contribution in [-0.4, -0.2) is 70.5 Å². The van der Waals surface area contributed by atoms with Gasteiger partial charge in [0.15, 0.2) is 5.96 Å². The van der Waals surface area contributed by atoms with E-state index in [-0.39, 0.29) is 29.9 Å². The first kappa shape index (κ1) is 21.0. The largest absolute Gasteiger partial charge is 0.357 e. The van der Waals surface area contributed by atoms with E-state index in [1.807, 2.05) is 4.90 Å². The molecule has 2 aliphatic heterocycles. The number of hydrogen-bond donors (Lipinski definition) is 1. The number of imidazole rings is 1. The van der Waals surface area contributed by atoms with Gasteiger partial charge >= 0.3 is 0 Å². The van der Waals surface area contributed by atoms with Crippen LogP contribution in [0.1, 0.15) is 38.2 Å². The van der Waals surface area contributed by atoms with Gasteiger partial charge in [0, 0.05) is 71.8 Å². The van der Waals surface area contributed by atoms with Crippen LogP contribution in [-0.2, 0) is 24.2 Å². The molecule has 1 aromatic rings. The number of aromatic nitrogens is 2. The van der Waals surface area contributed by atoms with Crippen LogP contribution in [0.3, 0.4) is 0 Å². The van der Waals surface area contributed by atoms with Crippen LogP contribution in [0.5, 0.6) is 0 Å². The highest BCUT2D eigenvalue weighted by atomic mass is 127. The molecule has 1 amide bonds. The Morgan fingerprint density at radius 2 is 1.92 bits per heavy atom. The number of hydrogen-bond acceptors (Lipinski definition) is 3. The van der Waals surface area contributed by atoms with Crippen LogP contribution in [0.2, 0.25) is 0 Å². The molecule has 0 atom stereocenters. The van der Waals surface area contributed by atoms with Gasteiger partial charge in [0.1, 0.15) is 5.82 Å². The van der Waals surface area contributed by atoms with E-state index in [4.69, 9.17) is 9.98 Å². The van der Waals surface area contributed by atoms with Gasteiger partial charge in [-0.2, -0.15) is 0 Å². The number of guanidine groups is 1. The van der Waals surface area contributed by atoms with Gasteiger partial charge in [-0.15, -0.1) is 24.0 Å². The summed E-state index contributed by atoms with van der Waals surface area (Å²) in [6, 6.07) is 0. The Balaban J connectivity index is 0.00000243. The number of nitrogens with zero attached hydrogens (tertiary/aromatic N) is 5. The molecular formula is C18H31IN6O. The molecule has 1 N–H and O–H groups in total. The molecule has 3 rings (SSSR count). The molecule has 1 aromatic heterocycles. The van der Waals surface area contributed by atoms with Gasteiger partial charge in [0.25, 0.3) is 0 Å². The molecule has 0 saturated carbocycles. The predicted molar refractivity (Wildman–Crippen MR) is 114 cm³/mol. The molecule has 0 aliphatic carbocycles. The predicted octanol–water partition coefficient (Wildman–Crippen LogP) is 1.51. The third-order valence-electron chi connectivity index (χ3n) is 4.95. The highest BCUT2D eigenvalue weighted by Crippen LogP contribution is 2.14. The molecule has 0 bridgehead atoms. The van der Waals surface area contributed by atoms with E-state index in [0.717, 1.165) is 70.3 Å². The number of fused-ring (bicyclic) bond motifs is 1. The lowest BCUT2D eigenvalue weighted by Gasteiger charge is -2.36. The molecule has 0 spiro atoms. The first-order chi connectivity index (χ1) is 12.2. The van der Waals surface area contributed by atoms with Crippen molar-refractivity contribution in [2.75, 3.05) is 39.3 Å². The molecule has 3 heterocycles. The molecule has 0 radical (unpaired) electrons. The minimum Gasteiger partial charge on any atom is -0.357 e. The fourth-order valence-electron chi connectivity index (χ4n) is 3.53. The number of piperazine rings is 1. The van der Waals surface area contributed by atoms with Gasteiger partial charge < -0.3 is 19.7 Å². The fourth-order valence-corrected chi connectivity index (χ4v) is 3.53. The molecule has 1 fully saturated rings. The Bertz CT molecular complexity index is 598. The van der Waals surface area contributed by atoms with Crippen molar-refractivity contribution in [2.24, 2.45) is 4.99 Å². The van der Waals surface area contributed by atoms with Crippen molar-refractivity contribution < 1.29 is 4.79 Å². The molecule has 26 heavy (non-hydrogen) atoms. The summed E-state index contributed by atoms with van der Waals surface area (Å²) < 4.78 is 2.30. The first-order valence-corrected chi connectivity index (χ1v) is 9.51. The van der Waals surface area contributed by atoms with E-state index >= 15 is 0 Å². The van der Waals surface area contributed by atoms with Gasteiger partial charge in [-0.3, -0.25) is 9.79 Å². The summed E-state index contributed by atoms with van der Waals surface area (Å²) in [5.41, 5.74) is 1.15. The van der Waals surface area contributed by atoms with E-state index in [0.29, 0.717) is 0 Å². The van der Waals surface area contributed by atoms with Crippen molar-refractivity contribution in [1.29, 1.82) is 0 Å². The van der Waals surface area contributed by atoms with Crippen LogP contribution in [0, 0.1) is 0 Å². The summed E-state index contributed by atoms with van der Waals surface area (Å²) in [5, 5.41) is 3.38. The molecule has 2 aliphatic rings. The van der Waals surface area contributed by atoms with Gasteiger partial charge in [0.05, 0.1) is 5.69 Å². The smallest absolute Gasteiger partial charge is 0.219 e. The maximum Gasteiger partial charge on any atom is 0.219 e. The third kappa shape index (κ3) is 5.34. The van der Waals surface area contributed by atoms with E-state index < -0.39 is 0 Å². The molecule has 1 saturated heterocycles.